The molecule has 0 aliphatic heterocycles. The predicted octanol–water partition coefficient (Wildman–Crippen LogP) is 0.963. The summed E-state index contributed by atoms with van der Waals surface area (Å²) in [5.41, 5.74) is 1.01. The molecule has 0 fully saturated rings. The number of hydrogen-bond acceptors (Lipinski definition) is 5. The van der Waals surface area contributed by atoms with Gasteiger partial charge < -0.3 is 24.3 Å². The number of hydrogen-bond donors (Lipinski definition) is 2. The van der Waals surface area contributed by atoms with Crippen molar-refractivity contribution in [3.8, 4) is 17.2 Å². The lowest BCUT2D eigenvalue weighted by Crippen LogP contribution is -2.33. The number of benzene rings is 2. The van der Waals surface area contributed by atoms with Gasteiger partial charge in [-0.05, 0) is 35.3 Å². The van der Waals surface area contributed by atoms with Crippen LogP contribution in [0.3, 0.4) is 0 Å². The lowest BCUT2D eigenvalue weighted by molar-refractivity contribution is 0.284. The Bertz CT molecular complexity index is 600. The SMILES string of the molecule is COc1ccc(B(O)O)c(COc2ccccc2OC)c1. The van der Waals surface area contributed by atoms with Crippen LogP contribution in [0.2, 0.25) is 0 Å². The molecule has 2 N–H and O–H groups in total. The molecule has 0 aliphatic rings. The van der Waals surface area contributed by atoms with Gasteiger partial charge in [0.15, 0.2) is 11.5 Å². The Hall–Kier alpha value is -2.18. The molecule has 0 bridgehead atoms. The van der Waals surface area contributed by atoms with E-state index < -0.39 is 7.12 Å². The van der Waals surface area contributed by atoms with E-state index in [0.29, 0.717) is 28.3 Å². The van der Waals surface area contributed by atoms with Gasteiger partial charge in [0, 0.05) is 0 Å². The van der Waals surface area contributed by atoms with Crippen molar-refractivity contribution in [1.29, 1.82) is 0 Å². The van der Waals surface area contributed by atoms with Crippen LogP contribution in [0.15, 0.2) is 42.5 Å². The molecule has 0 heterocycles. The summed E-state index contributed by atoms with van der Waals surface area (Å²) in [5.74, 6) is 1.82. The molecule has 110 valence electrons. The van der Waals surface area contributed by atoms with E-state index in [9.17, 15) is 10.0 Å². The van der Waals surface area contributed by atoms with Crippen LogP contribution < -0.4 is 19.7 Å². The fourth-order valence-corrected chi connectivity index (χ4v) is 1.98. The second kappa shape index (κ2) is 7.01. The fraction of sp³-hybridized carbons (Fsp3) is 0.200. The largest absolute Gasteiger partial charge is 0.497 e. The Labute approximate surface area is 123 Å². The van der Waals surface area contributed by atoms with Gasteiger partial charge in [0.2, 0.25) is 0 Å². The van der Waals surface area contributed by atoms with Crippen molar-refractivity contribution < 1.29 is 24.3 Å². The average Bonchev–Trinajstić information content (AvgIpc) is 2.52. The molecule has 0 aromatic heterocycles. The van der Waals surface area contributed by atoms with Gasteiger partial charge in [-0.25, -0.2) is 0 Å². The van der Waals surface area contributed by atoms with Crippen LogP contribution in [-0.4, -0.2) is 31.4 Å². The molecular formula is C15H17BO5. The summed E-state index contributed by atoms with van der Waals surface area (Å²) in [4.78, 5) is 0. The molecule has 21 heavy (non-hydrogen) atoms. The molecule has 2 aromatic carbocycles. The van der Waals surface area contributed by atoms with Crippen LogP contribution in [0.25, 0.3) is 0 Å². The van der Waals surface area contributed by atoms with E-state index in [2.05, 4.69) is 0 Å². The van der Waals surface area contributed by atoms with Crippen LogP contribution in [-0.2, 0) is 6.61 Å². The first-order chi connectivity index (χ1) is 10.2. The summed E-state index contributed by atoms with van der Waals surface area (Å²) >= 11 is 0. The summed E-state index contributed by atoms with van der Waals surface area (Å²) < 4.78 is 16.1. The van der Waals surface area contributed by atoms with Crippen molar-refractivity contribution >= 4 is 12.6 Å². The van der Waals surface area contributed by atoms with Crippen molar-refractivity contribution in [2.24, 2.45) is 0 Å². The van der Waals surface area contributed by atoms with Gasteiger partial charge in [0.05, 0.1) is 14.2 Å². The van der Waals surface area contributed by atoms with Crippen LogP contribution in [0, 0.1) is 0 Å². The third-order valence-electron chi connectivity index (χ3n) is 3.08. The highest BCUT2D eigenvalue weighted by Gasteiger charge is 2.17. The van der Waals surface area contributed by atoms with Crippen LogP contribution in [0.4, 0.5) is 0 Å². The maximum absolute atomic E-state index is 9.40. The molecule has 0 radical (unpaired) electrons. The second-order valence-corrected chi connectivity index (χ2v) is 4.38. The third kappa shape index (κ3) is 3.68. The molecule has 0 unspecified atom stereocenters. The van der Waals surface area contributed by atoms with E-state index in [1.165, 1.54) is 0 Å². The van der Waals surface area contributed by atoms with E-state index in [1.54, 1.807) is 44.6 Å². The molecule has 0 aliphatic carbocycles. The van der Waals surface area contributed by atoms with E-state index >= 15 is 0 Å². The van der Waals surface area contributed by atoms with Crippen LogP contribution >= 0.6 is 0 Å². The first kappa shape index (κ1) is 15.2. The molecule has 2 rings (SSSR count). The zero-order valence-corrected chi connectivity index (χ0v) is 11.9. The van der Waals surface area contributed by atoms with Crippen molar-refractivity contribution in [3.63, 3.8) is 0 Å². The van der Waals surface area contributed by atoms with Gasteiger partial charge in [-0.3, -0.25) is 0 Å². The lowest BCUT2D eigenvalue weighted by Gasteiger charge is -2.14. The van der Waals surface area contributed by atoms with Gasteiger partial charge in [0.1, 0.15) is 12.4 Å². The van der Waals surface area contributed by atoms with E-state index in [1.807, 2.05) is 12.1 Å². The van der Waals surface area contributed by atoms with Crippen molar-refractivity contribution in [3.05, 3.63) is 48.0 Å². The van der Waals surface area contributed by atoms with E-state index in [4.69, 9.17) is 14.2 Å². The summed E-state index contributed by atoms with van der Waals surface area (Å²) in [6, 6.07) is 12.2. The highest BCUT2D eigenvalue weighted by Crippen LogP contribution is 2.26. The van der Waals surface area contributed by atoms with Gasteiger partial charge in [-0.1, -0.05) is 18.2 Å². The highest BCUT2D eigenvalue weighted by atomic mass is 16.5. The van der Waals surface area contributed by atoms with E-state index in [-0.39, 0.29) is 6.61 Å². The molecule has 0 atom stereocenters. The van der Waals surface area contributed by atoms with Gasteiger partial charge in [0.25, 0.3) is 0 Å². The van der Waals surface area contributed by atoms with Gasteiger partial charge in [-0.15, -0.1) is 0 Å². The van der Waals surface area contributed by atoms with Crippen LogP contribution in [0.5, 0.6) is 17.2 Å². The zero-order chi connectivity index (χ0) is 15.2. The minimum absolute atomic E-state index is 0.171. The molecule has 0 amide bonds. The molecule has 0 spiro atoms. The predicted molar refractivity (Wildman–Crippen MR) is 80.1 cm³/mol. The van der Waals surface area contributed by atoms with Gasteiger partial charge >= 0.3 is 7.12 Å². The summed E-state index contributed by atoms with van der Waals surface area (Å²) in [6.45, 7) is 0.171. The first-order valence-electron chi connectivity index (χ1n) is 6.44. The topological polar surface area (TPSA) is 68.2 Å². The minimum Gasteiger partial charge on any atom is -0.497 e. The third-order valence-corrected chi connectivity index (χ3v) is 3.08. The van der Waals surface area contributed by atoms with Crippen molar-refractivity contribution in [2.45, 2.75) is 6.61 Å². The lowest BCUT2D eigenvalue weighted by atomic mass is 9.77. The maximum atomic E-state index is 9.40. The minimum atomic E-state index is -1.56. The Balaban J connectivity index is 2.22. The first-order valence-corrected chi connectivity index (χ1v) is 6.44. The van der Waals surface area contributed by atoms with Crippen molar-refractivity contribution in [1.82, 2.24) is 0 Å². The molecule has 0 saturated heterocycles. The maximum Gasteiger partial charge on any atom is 0.488 e. The molecular weight excluding hydrogens is 271 g/mol. The van der Waals surface area contributed by atoms with Crippen molar-refractivity contribution in [2.75, 3.05) is 14.2 Å². The molecule has 0 saturated carbocycles. The Morgan fingerprint density at radius 3 is 2.29 bits per heavy atom. The monoisotopic (exact) mass is 288 g/mol. The number of ether oxygens (including phenoxy) is 3. The Morgan fingerprint density at radius 1 is 0.952 bits per heavy atom. The smallest absolute Gasteiger partial charge is 0.488 e. The molecule has 6 heteroatoms. The zero-order valence-electron chi connectivity index (χ0n) is 11.9. The second-order valence-electron chi connectivity index (χ2n) is 4.38. The van der Waals surface area contributed by atoms with E-state index in [0.717, 1.165) is 0 Å². The molecule has 2 aromatic rings. The average molecular weight is 288 g/mol. The number of rotatable bonds is 6. The molecule has 5 nitrogen and oxygen atoms in total. The normalized spacial score (nSPS) is 10.1. The van der Waals surface area contributed by atoms with Gasteiger partial charge in [-0.2, -0.15) is 0 Å². The summed E-state index contributed by atoms with van der Waals surface area (Å²) in [5, 5.41) is 18.8. The Kier molecular flexibility index (Phi) is 5.08. The summed E-state index contributed by atoms with van der Waals surface area (Å²) in [6.07, 6.45) is 0. The number of para-hydroxylation sites is 2. The number of methoxy groups -OCH3 is 2. The fourth-order valence-electron chi connectivity index (χ4n) is 1.98. The van der Waals surface area contributed by atoms with Crippen LogP contribution in [0.1, 0.15) is 5.56 Å². The standard InChI is InChI=1S/C15H17BO5/c1-19-12-7-8-13(16(17)18)11(9-12)10-21-15-6-4-3-5-14(15)20-2/h3-9,17-18H,10H2,1-2H3. The quantitative estimate of drug-likeness (QED) is 0.775. The Morgan fingerprint density at radius 2 is 1.67 bits per heavy atom. The summed E-state index contributed by atoms with van der Waals surface area (Å²) in [7, 11) is 1.55. The highest BCUT2D eigenvalue weighted by molar-refractivity contribution is 6.59.